The van der Waals surface area contributed by atoms with E-state index in [-0.39, 0.29) is 18.5 Å². The summed E-state index contributed by atoms with van der Waals surface area (Å²) in [5, 5.41) is 10.1. The minimum Gasteiger partial charge on any atom is -0.495 e. The molecule has 0 amide bonds. The Bertz CT molecular complexity index is 803. The molecule has 4 rings (SSSR count). The third-order valence-electron chi connectivity index (χ3n) is 9.07. The van der Waals surface area contributed by atoms with Gasteiger partial charge in [0.05, 0.1) is 18.9 Å². The summed E-state index contributed by atoms with van der Waals surface area (Å²) in [7, 11) is 1.82. The number of hydrogen-bond donors (Lipinski definition) is 1. The van der Waals surface area contributed by atoms with Crippen LogP contribution in [0.25, 0.3) is 0 Å². The average Bonchev–Trinajstić information content (AvgIpc) is 2.87. The van der Waals surface area contributed by atoms with Gasteiger partial charge in [-0.25, -0.2) is 0 Å². The quantitative estimate of drug-likeness (QED) is 0.454. The van der Waals surface area contributed by atoms with Crippen LogP contribution in [0.4, 0.5) is 11.4 Å². The summed E-state index contributed by atoms with van der Waals surface area (Å²) < 4.78 is 5.99. The lowest BCUT2D eigenvalue weighted by Crippen LogP contribution is -2.47. The highest BCUT2D eigenvalue weighted by atomic mass is 35.5. The molecule has 5 nitrogen and oxygen atoms in total. The number of unbranched alkanes of at least 4 members (excludes halogenated alkanes) is 1. The van der Waals surface area contributed by atoms with Gasteiger partial charge in [0, 0.05) is 51.0 Å². The minimum atomic E-state index is -0.160. The van der Waals surface area contributed by atoms with Crippen LogP contribution in [0.15, 0.2) is 12.1 Å². The van der Waals surface area contributed by atoms with Crippen molar-refractivity contribution in [2.45, 2.75) is 91.1 Å². The van der Waals surface area contributed by atoms with E-state index < -0.39 is 0 Å². The topological polar surface area (TPSA) is 39.2 Å². The van der Waals surface area contributed by atoms with Crippen molar-refractivity contribution in [3.05, 3.63) is 17.7 Å². The van der Waals surface area contributed by atoms with E-state index in [2.05, 4.69) is 54.5 Å². The van der Waals surface area contributed by atoms with Crippen molar-refractivity contribution in [2.24, 2.45) is 11.3 Å². The molecule has 1 aliphatic carbocycles. The SMILES string of the molecule is CCCCN1CCN(c2cc(OC)c(N3CCC(O)CC3)cc2C2CCC(C(C)(C)C)CC2)CC1.Cl. The summed E-state index contributed by atoms with van der Waals surface area (Å²) in [5.74, 6) is 2.45. The largest absolute Gasteiger partial charge is 0.495 e. The molecular weight excluding hydrogens is 470 g/mol. The molecule has 0 aromatic heterocycles. The van der Waals surface area contributed by atoms with E-state index in [9.17, 15) is 5.11 Å². The number of anilines is 2. The molecule has 6 heteroatoms. The van der Waals surface area contributed by atoms with Crippen molar-refractivity contribution in [3.8, 4) is 5.75 Å². The maximum atomic E-state index is 10.1. The molecule has 1 saturated carbocycles. The number of nitrogens with zero attached hydrogens (tertiary/aromatic N) is 3. The van der Waals surface area contributed by atoms with Gasteiger partial charge in [0.15, 0.2) is 0 Å². The molecule has 1 aromatic rings. The molecule has 3 fully saturated rings. The smallest absolute Gasteiger partial charge is 0.144 e. The fraction of sp³-hybridized carbons (Fsp3) is 0.800. The zero-order valence-electron chi connectivity index (χ0n) is 23.6. The highest BCUT2D eigenvalue weighted by Gasteiger charge is 2.33. The zero-order chi connectivity index (χ0) is 25.0. The first-order valence-corrected chi connectivity index (χ1v) is 14.4. The molecule has 36 heavy (non-hydrogen) atoms. The number of methoxy groups -OCH3 is 1. The van der Waals surface area contributed by atoms with Gasteiger partial charge < -0.3 is 19.6 Å². The van der Waals surface area contributed by atoms with Crippen LogP contribution in [0, 0.1) is 11.3 Å². The van der Waals surface area contributed by atoms with Crippen LogP contribution >= 0.6 is 12.4 Å². The minimum absolute atomic E-state index is 0. The fourth-order valence-electron chi connectivity index (χ4n) is 6.56. The van der Waals surface area contributed by atoms with Crippen molar-refractivity contribution in [1.82, 2.24) is 4.90 Å². The lowest BCUT2D eigenvalue weighted by atomic mass is 9.68. The number of aliphatic hydroxyl groups excluding tert-OH is 1. The van der Waals surface area contributed by atoms with Gasteiger partial charge in [0.25, 0.3) is 0 Å². The molecule has 2 heterocycles. The number of aliphatic hydroxyl groups is 1. The predicted molar refractivity (Wildman–Crippen MR) is 155 cm³/mol. The van der Waals surface area contributed by atoms with Gasteiger partial charge in [0.2, 0.25) is 0 Å². The molecule has 0 spiro atoms. The average molecular weight is 522 g/mol. The molecule has 1 aromatic carbocycles. The Kier molecular flexibility index (Phi) is 10.7. The number of halogens is 1. The summed E-state index contributed by atoms with van der Waals surface area (Å²) in [6.07, 6.45) is 9.33. The molecule has 0 bridgehead atoms. The molecule has 0 atom stereocenters. The summed E-state index contributed by atoms with van der Waals surface area (Å²) in [5.41, 5.74) is 4.60. The van der Waals surface area contributed by atoms with Crippen LogP contribution in [0.3, 0.4) is 0 Å². The van der Waals surface area contributed by atoms with Crippen molar-refractivity contribution >= 4 is 23.8 Å². The predicted octanol–water partition coefficient (Wildman–Crippen LogP) is 6.32. The Morgan fingerprint density at radius 3 is 2.03 bits per heavy atom. The summed E-state index contributed by atoms with van der Waals surface area (Å²) in [6, 6.07) is 4.84. The van der Waals surface area contributed by atoms with Gasteiger partial charge in [-0.2, -0.15) is 0 Å². The second-order valence-electron chi connectivity index (χ2n) is 12.4. The van der Waals surface area contributed by atoms with Gasteiger partial charge in [0.1, 0.15) is 5.75 Å². The molecule has 1 N–H and O–H groups in total. The Morgan fingerprint density at radius 1 is 0.861 bits per heavy atom. The van der Waals surface area contributed by atoms with Gasteiger partial charge in [-0.05, 0) is 80.4 Å². The molecule has 206 valence electrons. The van der Waals surface area contributed by atoms with Crippen molar-refractivity contribution in [1.29, 1.82) is 0 Å². The molecule has 3 aliphatic rings. The third-order valence-corrected chi connectivity index (χ3v) is 9.07. The number of ether oxygens (including phenoxy) is 1. The first-order valence-electron chi connectivity index (χ1n) is 14.4. The number of piperidine rings is 1. The Balaban J connectivity index is 0.00000361. The standard InChI is InChI=1S/C30H51N3O2.ClH/c1-6-7-14-31-17-19-33(20-18-31)27-22-29(35-5)28(32-15-12-25(34)13-16-32)21-26(27)23-8-10-24(11-9-23)30(2,3)4;/h21-25,34H,6-20H2,1-5H3;1H. The van der Waals surface area contributed by atoms with Crippen molar-refractivity contribution < 1.29 is 9.84 Å². The third kappa shape index (κ3) is 7.02. The van der Waals surface area contributed by atoms with E-state index in [0.717, 1.165) is 63.8 Å². The normalized spacial score (nSPS) is 24.5. The van der Waals surface area contributed by atoms with Crippen LogP contribution in [0.1, 0.15) is 90.5 Å². The van der Waals surface area contributed by atoms with Crippen LogP contribution in [0.5, 0.6) is 5.75 Å². The lowest BCUT2D eigenvalue weighted by Gasteiger charge is -2.41. The lowest BCUT2D eigenvalue weighted by molar-refractivity contribution is 0.145. The number of rotatable bonds is 7. The van der Waals surface area contributed by atoms with E-state index in [1.54, 1.807) is 5.56 Å². The van der Waals surface area contributed by atoms with E-state index in [1.165, 1.54) is 56.4 Å². The second-order valence-corrected chi connectivity index (χ2v) is 12.4. The van der Waals surface area contributed by atoms with Crippen LogP contribution in [0.2, 0.25) is 0 Å². The summed E-state index contributed by atoms with van der Waals surface area (Å²) in [6.45, 7) is 17.1. The van der Waals surface area contributed by atoms with Gasteiger partial charge in [-0.15, -0.1) is 12.4 Å². The first kappa shape index (κ1) is 29.4. The van der Waals surface area contributed by atoms with Gasteiger partial charge >= 0.3 is 0 Å². The van der Waals surface area contributed by atoms with E-state index >= 15 is 0 Å². The van der Waals surface area contributed by atoms with Crippen LogP contribution in [-0.4, -0.2) is 69.0 Å². The number of benzene rings is 1. The Labute approximate surface area is 227 Å². The van der Waals surface area contributed by atoms with E-state index in [4.69, 9.17) is 4.74 Å². The monoisotopic (exact) mass is 521 g/mol. The first-order chi connectivity index (χ1) is 16.8. The van der Waals surface area contributed by atoms with E-state index in [0.29, 0.717) is 11.3 Å². The highest BCUT2D eigenvalue weighted by molar-refractivity contribution is 5.85. The summed E-state index contributed by atoms with van der Waals surface area (Å²) >= 11 is 0. The second kappa shape index (κ2) is 13.1. The highest BCUT2D eigenvalue weighted by Crippen LogP contribution is 2.48. The van der Waals surface area contributed by atoms with Crippen molar-refractivity contribution in [3.63, 3.8) is 0 Å². The van der Waals surface area contributed by atoms with Gasteiger partial charge in [-0.1, -0.05) is 34.1 Å². The van der Waals surface area contributed by atoms with Gasteiger partial charge in [-0.3, -0.25) is 4.90 Å². The zero-order valence-corrected chi connectivity index (χ0v) is 24.4. The maximum Gasteiger partial charge on any atom is 0.144 e. The Morgan fingerprint density at radius 2 is 1.47 bits per heavy atom. The van der Waals surface area contributed by atoms with Crippen LogP contribution in [-0.2, 0) is 0 Å². The van der Waals surface area contributed by atoms with E-state index in [1.807, 2.05) is 7.11 Å². The maximum absolute atomic E-state index is 10.1. The Hall–Kier alpha value is -1.17. The number of hydrogen-bond acceptors (Lipinski definition) is 5. The summed E-state index contributed by atoms with van der Waals surface area (Å²) in [4.78, 5) is 7.72. The molecule has 2 aliphatic heterocycles. The van der Waals surface area contributed by atoms with Crippen molar-refractivity contribution in [2.75, 3.05) is 62.7 Å². The number of piperazine rings is 1. The van der Waals surface area contributed by atoms with Crippen LogP contribution < -0.4 is 14.5 Å². The molecule has 2 saturated heterocycles. The molecule has 0 radical (unpaired) electrons. The molecular formula is C30H52ClN3O2. The fourth-order valence-corrected chi connectivity index (χ4v) is 6.56. The molecule has 0 unspecified atom stereocenters.